The standard InChI is InChI=1S/C25H35N3O3/c29-25(27-9-7-19(8-10-27)26-11-13-30-14-12-26)21-16-28(15-18-5-6-18)24-20-3-1-2-4-23(20)31-17-22(21)24/h1-4,18-19,21-22,24H,5-17H2/t21-,22+,24+/m1/s1. The summed E-state index contributed by atoms with van der Waals surface area (Å²) in [6.07, 6.45) is 4.88. The number of nitrogens with zero attached hydrogens (tertiary/aromatic N) is 3. The molecule has 6 rings (SSSR count). The number of likely N-dealkylation sites (tertiary alicyclic amines) is 2. The van der Waals surface area contributed by atoms with E-state index in [-0.39, 0.29) is 11.8 Å². The molecule has 0 unspecified atom stereocenters. The second-order valence-electron chi connectivity index (χ2n) is 10.2. The number of amides is 1. The average molecular weight is 426 g/mol. The van der Waals surface area contributed by atoms with Crippen LogP contribution in [0.25, 0.3) is 0 Å². The summed E-state index contributed by atoms with van der Waals surface area (Å²) in [6, 6.07) is 9.43. The van der Waals surface area contributed by atoms with Gasteiger partial charge in [-0.1, -0.05) is 18.2 Å². The number of piperidine rings is 1. The summed E-state index contributed by atoms with van der Waals surface area (Å²) in [4.78, 5) is 21.1. The van der Waals surface area contributed by atoms with Gasteiger partial charge in [-0.05, 0) is 37.7 Å². The third-order valence-electron chi connectivity index (χ3n) is 8.26. The molecule has 0 spiro atoms. The molecule has 0 aromatic heterocycles. The zero-order valence-electron chi connectivity index (χ0n) is 18.5. The first-order chi connectivity index (χ1) is 15.3. The van der Waals surface area contributed by atoms with Crippen LogP contribution >= 0.6 is 0 Å². The average Bonchev–Trinajstić information content (AvgIpc) is 3.58. The molecule has 1 aromatic rings. The Kier molecular flexibility index (Phi) is 5.41. The highest BCUT2D eigenvalue weighted by Gasteiger charge is 2.50. The Morgan fingerprint density at radius 3 is 2.55 bits per heavy atom. The van der Waals surface area contributed by atoms with Crippen molar-refractivity contribution < 1.29 is 14.3 Å². The number of benzene rings is 1. The smallest absolute Gasteiger partial charge is 0.227 e. The van der Waals surface area contributed by atoms with Gasteiger partial charge < -0.3 is 14.4 Å². The fraction of sp³-hybridized carbons (Fsp3) is 0.720. The zero-order chi connectivity index (χ0) is 20.8. The SMILES string of the molecule is O=C([C@@H]1CN(CC2CC2)[C@H]2c3ccccc3OC[C@@H]12)N1CCC(N2CCOCC2)CC1. The lowest BCUT2D eigenvalue weighted by atomic mass is 9.84. The lowest BCUT2D eigenvalue weighted by molar-refractivity contribution is -0.138. The van der Waals surface area contributed by atoms with E-state index in [2.05, 4.69) is 39.0 Å². The molecular weight excluding hydrogens is 390 g/mol. The molecule has 0 bridgehead atoms. The molecule has 1 saturated carbocycles. The van der Waals surface area contributed by atoms with E-state index in [1.807, 2.05) is 0 Å². The highest BCUT2D eigenvalue weighted by molar-refractivity contribution is 5.80. The molecule has 1 amide bonds. The van der Waals surface area contributed by atoms with Crippen LogP contribution in [0.3, 0.4) is 0 Å². The van der Waals surface area contributed by atoms with E-state index in [4.69, 9.17) is 9.47 Å². The van der Waals surface area contributed by atoms with Crippen LogP contribution in [0.1, 0.15) is 37.3 Å². The van der Waals surface area contributed by atoms with Crippen molar-refractivity contribution in [3.05, 3.63) is 29.8 Å². The van der Waals surface area contributed by atoms with Crippen LogP contribution in [0.15, 0.2) is 24.3 Å². The molecule has 3 atom stereocenters. The number of carbonyl (C=O) groups is 1. The number of hydrogen-bond acceptors (Lipinski definition) is 5. The minimum Gasteiger partial charge on any atom is -0.493 e. The number of hydrogen-bond donors (Lipinski definition) is 0. The molecule has 0 N–H and O–H groups in total. The predicted molar refractivity (Wildman–Crippen MR) is 118 cm³/mol. The van der Waals surface area contributed by atoms with Gasteiger partial charge in [-0.25, -0.2) is 0 Å². The Labute approximate surface area is 185 Å². The molecule has 0 radical (unpaired) electrons. The monoisotopic (exact) mass is 425 g/mol. The number of carbonyl (C=O) groups excluding carboxylic acids is 1. The number of rotatable bonds is 4. The van der Waals surface area contributed by atoms with Gasteiger partial charge in [0, 0.05) is 62.8 Å². The van der Waals surface area contributed by atoms with Crippen molar-refractivity contribution >= 4 is 5.91 Å². The first kappa shape index (κ1) is 20.0. The molecule has 6 nitrogen and oxygen atoms in total. The third-order valence-corrected chi connectivity index (χ3v) is 8.26. The van der Waals surface area contributed by atoms with Crippen molar-refractivity contribution in [2.45, 2.75) is 37.8 Å². The van der Waals surface area contributed by atoms with E-state index in [0.29, 0.717) is 24.6 Å². The fourth-order valence-electron chi connectivity index (χ4n) is 6.38. The molecule has 4 fully saturated rings. The summed E-state index contributed by atoms with van der Waals surface area (Å²) in [5, 5.41) is 0. The zero-order valence-corrected chi connectivity index (χ0v) is 18.5. The number of fused-ring (bicyclic) bond motifs is 3. The maximum Gasteiger partial charge on any atom is 0.227 e. The maximum absolute atomic E-state index is 13.7. The van der Waals surface area contributed by atoms with Gasteiger partial charge in [-0.15, -0.1) is 0 Å². The van der Waals surface area contributed by atoms with Crippen molar-refractivity contribution in [1.82, 2.24) is 14.7 Å². The normalized spacial score (nSPS) is 32.4. The fourth-order valence-corrected chi connectivity index (χ4v) is 6.38. The van der Waals surface area contributed by atoms with Crippen molar-refractivity contribution in [2.75, 3.05) is 59.1 Å². The molecule has 168 valence electrons. The first-order valence-corrected chi connectivity index (χ1v) is 12.3. The van der Waals surface area contributed by atoms with Gasteiger partial charge in [-0.2, -0.15) is 0 Å². The summed E-state index contributed by atoms with van der Waals surface area (Å²) in [5.41, 5.74) is 1.29. The van der Waals surface area contributed by atoms with Gasteiger partial charge in [0.25, 0.3) is 0 Å². The Bertz CT molecular complexity index is 799. The van der Waals surface area contributed by atoms with E-state index in [1.165, 1.54) is 18.4 Å². The molecule has 5 aliphatic rings. The van der Waals surface area contributed by atoms with Crippen LogP contribution in [-0.4, -0.2) is 85.7 Å². The van der Waals surface area contributed by atoms with Crippen molar-refractivity contribution in [3.8, 4) is 5.75 Å². The maximum atomic E-state index is 13.7. The molecule has 3 saturated heterocycles. The molecule has 4 aliphatic heterocycles. The molecule has 6 heteroatoms. The Balaban J connectivity index is 1.15. The number of morpholine rings is 1. The summed E-state index contributed by atoms with van der Waals surface area (Å²) < 4.78 is 11.7. The highest BCUT2D eigenvalue weighted by Crippen LogP contribution is 2.49. The van der Waals surface area contributed by atoms with Gasteiger partial charge in [0.1, 0.15) is 5.75 Å². The van der Waals surface area contributed by atoms with Gasteiger partial charge in [0.2, 0.25) is 5.91 Å². The lowest BCUT2D eigenvalue weighted by Crippen LogP contribution is -2.51. The molecule has 4 heterocycles. The summed E-state index contributed by atoms with van der Waals surface area (Å²) in [7, 11) is 0. The Hall–Kier alpha value is -1.63. The van der Waals surface area contributed by atoms with Crippen LogP contribution in [0, 0.1) is 17.8 Å². The minimum absolute atomic E-state index is 0.0667. The van der Waals surface area contributed by atoms with Gasteiger partial charge >= 0.3 is 0 Å². The lowest BCUT2D eigenvalue weighted by Gasteiger charge is -2.41. The topological polar surface area (TPSA) is 45.2 Å². The Morgan fingerprint density at radius 1 is 1.00 bits per heavy atom. The quantitative estimate of drug-likeness (QED) is 0.741. The van der Waals surface area contributed by atoms with Gasteiger partial charge in [0.15, 0.2) is 0 Å². The molecular formula is C25H35N3O3. The van der Waals surface area contributed by atoms with Crippen LogP contribution in [-0.2, 0) is 9.53 Å². The minimum atomic E-state index is 0.0667. The van der Waals surface area contributed by atoms with E-state index >= 15 is 0 Å². The highest BCUT2D eigenvalue weighted by atomic mass is 16.5. The van der Waals surface area contributed by atoms with Crippen LogP contribution in [0.2, 0.25) is 0 Å². The molecule has 1 aromatic carbocycles. The van der Waals surface area contributed by atoms with Crippen molar-refractivity contribution in [3.63, 3.8) is 0 Å². The van der Waals surface area contributed by atoms with Crippen molar-refractivity contribution in [2.24, 2.45) is 17.8 Å². The third kappa shape index (κ3) is 3.87. The van der Waals surface area contributed by atoms with E-state index in [9.17, 15) is 4.79 Å². The van der Waals surface area contributed by atoms with Crippen LogP contribution in [0.4, 0.5) is 0 Å². The van der Waals surface area contributed by atoms with Gasteiger partial charge in [-0.3, -0.25) is 14.6 Å². The van der Waals surface area contributed by atoms with Gasteiger partial charge in [0.05, 0.1) is 25.7 Å². The molecule has 31 heavy (non-hydrogen) atoms. The van der Waals surface area contributed by atoms with E-state index in [1.54, 1.807) is 0 Å². The second-order valence-corrected chi connectivity index (χ2v) is 10.2. The predicted octanol–water partition coefficient (Wildman–Crippen LogP) is 2.40. The van der Waals surface area contributed by atoms with Crippen LogP contribution < -0.4 is 4.74 Å². The van der Waals surface area contributed by atoms with Crippen LogP contribution in [0.5, 0.6) is 5.75 Å². The largest absolute Gasteiger partial charge is 0.493 e. The summed E-state index contributed by atoms with van der Waals surface area (Å²) in [5.74, 6) is 2.56. The molecule has 1 aliphatic carbocycles. The van der Waals surface area contributed by atoms with Crippen molar-refractivity contribution in [1.29, 1.82) is 0 Å². The first-order valence-electron chi connectivity index (χ1n) is 12.3. The van der Waals surface area contributed by atoms with E-state index < -0.39 is 0 Å². The Morgan fingerprint density at radius 2 is 1.77 bits per heavy atom. The summed E-state index contributed by atoms with van der Waals surface area (Å²) >= 11 is 0. The number of ether oxygens (including phenoxy) is 2. The van der Waals surface area contributed by atoms with E-state index in [0.717, 1.165) is 77.0 Å². The number of para-hydroxylation sites is 1. The second kappa shape index (κ2) is 8.38. The summed E-state index contributed by atoms with van der Waals surface area (Å²) in [6.45, 7) is 8.28.